The van der Waals surface area contributed by atoms with E-state index in [2.05, 4.69) is 44.2 Å². The van der Waals surface area contributed by atoms with Gasteiger partial charge >= 0.3 is 29.3 Å². The Labute approximate surface area is 276 Å². The van der Waals surface area contributed by atoms with Gasteiger partial charge in [0.15, 0.2) is 6.29 Å². The number of carbonyl (C=O) groups is 2. The Bertz CT molecular complexity index is 943. The first-order chi connectivity index (χ1) is 21.5. The van der Waals surface area contributed by atoms with Gasteiger partial charge in [-0.25, -0.2) is 0 Å². The van der Waals surface area contributed by atoms with Gasteiger partial charge in [0, 0.05) is 5.56 Å². The maximum atomic E-state index is 11.5. The van der Waals surface area contributed by atoms with Crippen LogP contribution in [0.2, 0.25) is 0 Å². The molecule has 2 aromatic rings. The second-order valence-electron chi connectivity index (χ2n) is 11.8. The molecule has 44 heavy (non-hydrogen) atoms. The Morgan fingerprint density at radius 1 is 0.568 bits per heavy atom. The topological polar surface area (TPSA) is 91.7 Å². The van der Waals surface area contributed by atoms with E-state index >= 15 is 0 Å². The summed E-state index contributed by atoms with van der Waals surface area (Å²) in [5, 5.41) is 0. The van der Waals surface area contributed by atoms with Gasteiger partial charge in [0.25, 0.3) is 0 Å². The Kier molecular flexibility index (Phi) is 31.3. The second-order valence-corrected chi connectivity index (χ2v) is 12.7. The van der Waals surface area contributed by atoms with Crippen molar-refractivity contribution in [3.8, 4) is 0 Å². The summed E-state index contributed by atoms with van der Waals surface area (Å²) in [4.78, 5) is 22.2. The van der Waals surface area contributed by atoms with E-state index in [4.69, 9.17) is 10.7 Å². The number of Topliss-reactive ketones (excluding diaryl/α,β-unsaturated/α-hetero) is 1. The number of benzene rings is 2. The summed E-state index contributed by atoms with van der Waals surface area (Å²) in [7, 11) is 0. The molecule has 0 heterocycles. The SMILES string of the molecule is CCCCCCCCCCCCc1ccccc1.CCCCCCCCCCCCc1ccccc1C(=O)C=O.[O]=[Ti]([OH])[OH]. The minimum absolute atomic E-state index is 0.400. The molecule has 0 saturated carbocycles. The number of rotatable bonds is 24. The van der Waals surface area contributed by atoms with Crippen LogP contribution in [0.4, 0.5) is 0 Å². The molecule has 0 aromatic heterocycles. The molecule has 0 unspecified atom stereocenters. The molecule has 5 nitrogen and oxygen atoms in total. The molecule has 0 spiro atoms. The van der Waals surface area contributed by atoms with Gasteiger partial charge in [-0.05, 0) is 36.8 Å². The summed E-state index contributed by atoms with van der Waals surface area (Å²) >= 11 is -3.58. The molecule has 0 aliphatic rings. The van der Waals surface area contributed by atoms with Crippen LogP contribution in [0.3, 0.4) is 0 Å². The molecular weight excluding hydrogens is 584 g/mol. The Morgan fingerprint density at radius 2 is 0.932 bits per heavy atom. The predicted molar refractivity (Wildman–Crippen MR) is 179 cm³/mol. The quantitative estimate of drug-likeness (QED) is 0.0389. The summed E-state index contributed by atoms with van der Waals surface area (Å²) in [6, 6.07) is 18.3. The third-order valence-electron chi connectivity index (χ3n) is 7.85. The van der Waals surface area contributed by atoms with Gasteiger partial charge in [0.05, 0.1) is 0 Å². The molecule has 0 fully saturated rings. The predicted octanol–water partition coefficient (Wildman–Crippen LogP) is 10.4. The number of hydrogen-bond donors (Lipinski definition) is 2. The van der Waals surface area contributed by atoms with Crippen LogP contribution in [0.1, 0.15) is 164 Å². The van der Waals surface area contributed by atoms with Crippen LogP contribution in [-0.4, -0.2) is 19.4 Å². The molecule has 0 saturated heterocycles. The van der Waals surface area contributed by atoms with E-state index in [1.165, 1.54) is 134 Å². The molecule has 248 valence electrons. The molecule has 0 amide bonds. The van der Waals surface area contributed by atoms with E-state index < -0.39 is 24.4 Å². The van der Waals surface area contributed by atoms with Gasteiger partial charge in [-0.1, -0.05) is 184 Å². The van der Waals surface area contributed by atoms with Crippen molar-refractivity contribution < 1.29 is 38.9 Å². The third kappa shape index (κ3) is 27.7. The van der Waals surface area contributed by atoms with Crippen molar-refractivity contribution in [3.05, 3.63) is 71.3 Å². The Hall–Kier alpha value is -1.79. The van der Waals surface area contributed by atoms with E-state index in [0.29, 0.717) is 11.8 Å². The average Bonchev–Trinajstić information content (AvgIpc) is 3.03. The van der Waals surface area contributed by atoms with Crippen molar-refractivity contribution in [2.75, 3.05) is 0 Å². The zero-order valence-electron chi connectivity index (χ0n) is 27.9. The number of aldehydes is 1. The molecule has 0 aliphatic carbocycles. The molecule has 2 N–H and O–H groups in total. The first-order valence-corrected chi connectivity index (χ1v) is 19.5. The monoisotopic (exact) mass is 646 g/mol. The molecule has 0 radical (unpaired) electrons. The molecule has 2 aromatic carbocycles. The molecule has 0 bridgehead atoms. The van der Waals surface area contributed by atoms with Crippen molar-refractivity contribution >= 4 is 12.1 Å². The second kappa shape index (κ2) is 32.6. The van der Waals surface area contributed by atoms with Crippen LogP contribution in [-0.2, 0) is 39.6 Å². The first kappa shape index (κ1) is 42.2. The van der Waals surface area contributed by atoms with Gasteiger partial charge in [-0.2, -0.15) is 0 Å². The van der Waals surface area contributed by atoms with Crippen LogP contribution in [0, 0.1) is 0 Å². The summed E-state index contributed by atoms with van der Waals surface area (Å²) < 4.78 is 23.2. The van der Waals surface area contributed by atoms with Gasteiger partial charge in [0.2, 0.25) is 5.78 Å². The van der Waals surface area contributed by atoms with E-state index in [1.807, 2.05) is 18.2 Å². The first-order valence-electron chi connectivity index (χ1n) is 17.5. The van der Waals surface area contributed by atoms with Crippen molar-refractivity contribution in [1.29, 1.82) is 0 Å². The Morgan fingerprint density at radius 3 is 1.36 bits per heavy atom. The number of aryl methyl sites for hydroxylation is 2. The van der Waals surface area contributed by atoms with Crippen molar-refractivity contribution in [2.24, 2.45) is 0 Å². The fraction of sp³-hybridized carbons (Fsp3) is 0.632. The van der Waals surface area contributed by atoms with E-state index in [9.17, 15) is 9.59 Å². The number of hydrogen-bond acceptors (Lipinski definition) is 3. The standard InChI is InChI=1S/C20H30O2.C18H30.2H2O.O.Ti/c1-2-3-4-5-6-7-8-9-10-11-14-18-15-12-13-16-19(18)20(22)17-21;1-2-3-4-5-6-7-8-9-10-12-15-18-16-13-11-14-17-18;;;;/h12-13,15-17H,2-11,14H2,1H3;11,13-14,16-17H,2-10,12,15H2,1H3;2*1H2;;/q;;;;;+2/p-2. The summed E-state index contributed by atoms with van der Waals surface area (Å²) in [6.07, 6.45) is 29.9. The Balaban J connectivity index is 0.000000760. The fourth-order valence-electron chi connectivity index (χ4n) is 5.31. The van der Waals surface area contributed by atoms with E-state index in [0.717, 1.165) is 18.4 Å². The van der Waals surface area contributed by atoms with Gasteiger partial charge in [0.1, 0.15) is 0 Å². The normalized spacial score (nSPS) is 10.3. The summed E-state index contributed by atoms with van der Waals surface area (Å²) in [5.74, 6) is -0.400. The van der Waals surface area contributed by atoms with Crippen molar-refractivity contribution in [2.45, 2.75) is 155 Å². The van der Waals surface area contributed by atoms with Crippen molar-refractivity contribution in [3.63, 3.8) is 0 Å². The molecular formula is C38H62O5Ti. The average molecular weight is 647 g/mol. The fourth-order valence-corrected chi connectivity index (χ4v) is 5.31. The van der Waals surface area contributed by atoms with Crippen LogP contribution in [0.15, 0.2) is 54.6 Å². The number of unbranched alkanes of at least 4 members (excludes halogenated alkanes) is 18. The van der Waals surface area contributed by atoms with Crippen LogP contribution >= 0.6 is 0 Å². The zero-order chi connectivity index (χ0) is 32.5. The van der Waals surface area contributed by atoms with Crippen LogP contribution in [0.5, 0.6) is 0 Å². The third-order valence-corrected chi connectivity index (χ3v) is 7.85. The van der Waals surface area contributed by atoms with Gasteiger partial charge in [-0.3, -0.25) is 9.59 Å². The summed E-state index contributed by atoms with van der Waals surface area (Å²) in [6.45, 7) is 4.54. The molecule has 6 heteroatoms. The van der Waals surface area contributed by atoms with Crippen molar-refractivity contribution in [1.82, 2.24) is 0 Å². The minimum atomic E-state index is -3.58. The zero-order valence-corrected chi connectivity index (χ0v) is 29.5. The van der Waals surface area contributed by atoms with Crippen LogP contribution in [0.25, 0.3) is 0 Å². The number of carbonyl (C=O) groups excluding carboxylic acids is 2. The molecule has 0 aliphatic heterocycles. The molecule has 2 rings (SSSR count). The maximum absolute atomic E-state index is 11.5. The number of ketones is 1. The van der Waals surface area contributed by atoms with E-state index in [1.54, 1.807) is 6.07 Å². The summed E-state index contributed by atoms with van der Waals surface area (Å²) in [5.41, 5.74) is 3.09. The van der Waals surface area contributed by atoms with Gasteiger partial charge in [-0.15, -0.1) is 0 Å². The molecule has 0 atom stereocenters. The van der Waals surface area contributed by atoms with E-state index in [-0.39, 0.29) is 0 Å². The van der Waals surface area contributed by atoms with Crippen LogP contribution < -0.4 is 0 Å². The van der Waals surface area contributed by atoms with Gasteiger partial charge < -0.3 is 0 Å².